The van der Waals surface area contributed by atoms with Gasteiger partial charge in [-0.3, -0.25) is 0 Å². The molecular formula is C19H16Br2O8. The number of fused-ring (bicyclic) bond motifs is 1. The van der Waals surface area contributed by atoms with Crippen LogP contribution in [-0.4, -0.2) is 49.3 Å². The number of esters is 1. The number of cyclic esters (lactones) is 1. The van der Waals surface area contributed by atoms with Crippen LogP contribution in [0.4, 0.5) is 0 Å². The molecule has 2 N–H and O–H groups in total. The number of carbonyl (C=O) groups is 2. The largest absolute Gasteiger partial charge is 0.494 e. The summed E-state index contributed by atoms with van der Waals surface area (Å²) in [5.41, 5.74) is 0.629. The zero-order valence-electron chi connectivity index (χ0n) is 15.5. The lowest BCUT2D eigenvalue weighted by atomic mass is 9.79. The summed E-state index contributed by atoms with van der Waals surface area (Å²) < 4.78 is 21.8. The Bertz CT molecular complexity index is 983. The molecule has 1 heterocycles. The third-order valence-electron chi connectivity index (χ3n) is 4.59. The summed E-state index contributed by atoms with van der Waals surface area (Å²) >= 11 is 6.73. The van der Waals surface area contributed by atoms with Crippen molar-refractivity contribution >= 4 is 43.8 Å². The van der Waals surface area contributed by atoms with Crippen LogP contribution >= 0.6 is 31.9 Å². The zero-order valence-corrected chi connectivity index (χ0v) is 18.7. The smallest absolute Gasteiger partial charge is 0.378 e. The van der Waals surface area contributed by atoms with Gasteiger partial charge < -0.3 is 29.2 Å². The fourth-order valence-electron chi connectivity index (χ4n) is 3.29. The Labute approximate surface area is 182 Å². The number of carbonyl (C=O) groups excluding carboxylic acids is 1. The molecule has 8 nitrogen and oxygen atoms in total. The summed E-state index contributed by atoms with van der Waals surface area (Å²) in [5.74, 6) is -5.78. The lowest BCUT2D eigenvalue weighted by molar-refractivity contribution is -0.211. The van der Waals surface area contributed by atoms with Gasteiger partial charge in [-0.15, -0.1) is 0 Å². The van der Waals surface area contributed by atoms with Crippen LogP contribution in [0.15, 0.2) is 33.2 Å². The molecule has 2 atom stereocenters. The van der Waals surface area contributed by atoms with E-state index in [1.54, 1.807) is 12.1 Å². The number of aliphatic carboxylic acids is 1. The lowest BCUT2D eigenvalue weighted by Gasteiger charge is -2.37. The number of methoxy groups -OCH3 is 3. The molecule has 0 fully saturated rings. The van der Waals surface area contributed by atoms with Crippen molar-refractivity contribution in [1.29, 1.82) is 0 Å². The predicted molar refractivity (Wildman–Crippen MR) is 108 cm³/mol. The lowest BCUT2D eigenvalue weighted by Crippen LogP contribution is -2.52. The molecule has 29 heavy (non-hydrogen) atoms. The van der Waals surface area contributed by atoms with Crippen molar-refractivity contribution in [3.63, 3.8) is 0 Å². The fraction of sp³-hybridized carbons (Fsp3) is 0.263. The molecule has 0 saturated carbocycles. The number of hydrogen-bond acceptors (Lipinski definition) is 7. The van der Waals surface area contributed by atoms with Crippen molar-refractivity contribution in [2.75, 3.05) is 21.3 Å². The molecule has 0 radical (unpaired) electrons. The number of rotatable bonds is 5. The van der Waals surface area contributed by atoms with Gasteiger partial charge in [0.25, 0.3) is 0 Å². The third-order valence-corrected chi connectivity index (χ3v) is 5.77. The van der Waals surface area contributed by atoms with Crippen LogP contribution in [0.1, 0.15) is 27.4 Å². The standard InChI is InChI=1S/C19H16Br2O8/c1-26-13-6-9-10(7-14(13)27-2)17(22)29-19(25,18(23)24)15(9)8-4-11(20)16(28-3)12(21)5-8/h4-7,15,25H,1-3H3,(H,23,24). The fourth-order valence-corrected chi connectivity index (χ4v) is 4.84. The van der Waals surface area contributed by atoms with E-state index in [0.29, 0.717) is 20.3 Å². The number of halogens is 2. The molecule has 10 heteroatoms. The Morgan fingerprint density at radius 2 is 1.59 bits per heavy atom. The number of carboxylic acid groups (broad SMARTS) is 1. The van der Waals surface area contributed by atoms with Gasteiger partial charge >= 0.3 is 17.7 Å². The number of ether oxygens (including phenoxy) is 4. The Morgan fingerprint density at radius 1 is 1.03 bits per heavy atom. The number of hydrogen-bond donors (Lipinski definition) is 2. The summed E-state index contributed by atoms with van der Waals surface area (Å²) in [6.07, 6.45) is 0. The molecule has 1 aliphatic rings. The molecule has 0 saturated heterocycles. The summed E-state index contributed by atoms with van der Waals surface area (Å²) in [6.45, 7) is 0. The first-order valence-electron chi connectivity index (χ1n) is 8.15. The van der Waals surface area contributed by atoms with Gasteiger partial charge in [0.05, 0.1) is 41.8 Å². The summed E-state index contributed by atoms with van der Waals surface area (Å²) in [5, 5.41) is 20.6. The van der Waals surface area contributed by atoms with Gasteiger partial charge in [-0.05, 0) is 67.3 Å². The summed E-state index contributed by atoms with van der Waals surface area (Å²) in [4.78, 5) is 24.5. The van der Waals surface area contributed by atoms with E-state index in [1.165, 1.54) is 33.5 Å². The van der Waals surface area contributed by atoms with E-state index in [1.807, 2.05) is 0 Å². The van der Waals surface area contributed by atoms with Gasteiger partial charge in [0.1, 0.15) is 5.75 Å². The molecule has 0 bridgehead atoms. The van der Waals surface area contributed by atoms with Gasteiger partial charge in [0, 0.05) is 0 Å². The molecule has 0 spiro atoms. The van der Waals surface area contributed by atoms with Crippen molar-refractivity contribution < 1.29 is 38.7 Å². The number of benzene rings is 2. The van der Waals surface area contributed by atoms with E-state index in [2.05, 4.69) is 31.9 Å². The maximum atomic E-state index is 12.5. The average Bonchev–Trinajstić information content (AvgIpc) is 2.66. The van der Waals surface area contributed by atoms with Crippen LogP contribution < -0.4 is 14.2 Å². The minimum absolute atomic E-state index is 0.0571. The summed E-state index contributed by atoms with van der Waals surface area (Å²) in [7, 11) is 4.29. The van der Waals surface area contributed by atoms with Crippen molar-refractivity contribution in [3.8, 4) is 17.2 Å². The Balaban J connectivity index is 2.34. The highest BCUT2D eigenvalue weighted by atomic mass is 79.9. The molecule has 3 rings (SSSR count). The predicted octanol–water partition coefficient (Wildman–Crippen LogP) is 3.31. The van der Waals surface area contributed by atoms with Crippen molar-refractivity contribution in [2.24, 2.45) is 0 Å². The van der Waals surface area contributed by atoms with Crippen molar-refractivity contribution in [2.45, 2.75) is 11.7 Å². The quantitative estimate of drug-likeness (QED) is 0.565. The second kappa shape index (κ2) is 7.85. The first-order valence-corrected chi connectivity index (χ1v) is 9.74. The van der Waals surface area contributed by atoms with Crippen LogP contribution in [0.2, 0.25) is 0 Å². The number of aliphatic hydroxyl groups is 1. The van der Waals surface area contributed by atoms with E-state index in [0.717, 1.165) is 0 Å². The van der Waals surface area contributed by atoms with Gasteiger partial charge in [-0.2, -0.15) is 0 Å². The van der Waals surface area contributed by atoms with Crippen molar-refractivity contribution in [1.82, 2.24) is 0 Å². The maximum absolute atomic E-state index is 12.5. The molecule has 0 aromatic heterocycles. The molecule has 154 valence electrons. The Kier molecular flexibility index (Phi) is 5.79. The molecule has 2 unspecified atom stereocenters. The second-order valence-corrected chi connectivity index (χ2v) is 7.85. The van der Waals surface area contributed by atoms with E-state index >= 15 is 0 Å². The molecule has 0 aliphatic carbocycles. The van der Waals surface area contributed by atoms with Gasteiger partial charge in [0.15, 0.2) is 11.5 Å². The van der Waals surface area contributed by atoms with E-state index in [4.69, 9.17) is 18.9 Å². The summed E-state index contributed by atoms with van der Waals surface area (Å²) in [6, 6.07) is 6.02. The van der Waals surface area contributed by atoms with E-state index in [-0.39, 0.29) is 22.6 Å². The average molecular weight is 532 g/mol. The Morgan fingerprint density at radius 3 is 2.07 bits per heavy atom. The minimum atomic E-state index is -2.84. The van der Waals surface area contributed by atoms with Crippen LogP contribution in [-0.2, 0) is 9.53 Å². The van der Waals surface area contributed by atoms with Gasteiger partial charge in [-0.25, -0.2) is 9.59 Å². The first kappa shape index (κ1) is 21.4. The molecule has 2 aromatic rings. The maximum Gasteiger partial charge on any atom is 0.378 e. The first-order chi connectivity index (χ1) is 13.7. The topological polar surface area (TPSA) is 112 Å². The Hall–Kier alpha value is -2.30. The van der Waals surface area contributed by atoms with Gasteiger partial charge in [-0.1, -0.05) is 0 Å². The highest BCUT2D eigenvalue weighted by Gasteiger charge is 2.55. The third kappa shape index (κ3) is 3.45. The SMILES string of the molecule is COc1cc2c(cc1OC)C(c1cc(Br)c(OC)c(Br)c1)C(O)(C(=O)O)OC2=O. The van der Waals surface area contributed by atoms with Crippen LogP contribution in [0.25, 0.3) is 0 Å². The van der Waals surface area contributed by atoms with Gasteiger partial charge in [0.2, 0.25) is 0 Å². The molecule has 0 amide bonds. The van der Waals surface area contributed by atoms with Crippen LogP contribution in [0.5, 0.6) is 17.2 Å². The normalized spacial score (nSPS) is 20.5. The van der Waals surface area contributed by atoms with E-state index in [9.17, 15) is 19.8 Å². The molecule has 1 aliphatic heterocycles. The van der Waals surface area contributed by atoms with E-state index < -0.39 is 23.6 Å². The highest BCUT2D eigenvalue weighted by Crippen LogP contribution is 2.48. The molecule has 2 aromatic carbocycles. The van der Waals surface area contributed by atoms with Crippen molar-refractivity contribution in [3.05, 3.63) is 49.9 Å². The molecular weight excluding hydrogens is 516 g/mol. The van der Waals surface area contributed by atoms with Crippen LogP contribution in [0, 0.1) is 0 Å². The monoisotopic (exact) mass is 530 g/mol. The second-order valence-electron chi connectivity index (χ2n) is 6.14. The number of carboxylic acids is 1. The minimum Gasteiger partial charge on any atom is -0.494 e. The zero-order chi connectivity index (χ0) is 21.5. The van der Waals surface area contributed by atoms with Crippen LogP contribution in [0.3, 0.4) is 0 Å². The highest BCUT2D eigenvalue weighted by molar-refractivity contribution is 9.11.